The SMILES string of the molecule is Cc1cnc(-c2cccc(N(c3cccc(-c4ccccc4O)n3)c3c(-c4ccccc4)cccc3-c3ccccc3)n2)[nH]1. The van der Waals surface area contributed by atoms with Crippen LogP contribution in [0.15, 0.2) is 146 Å². The molecule has 4 aromatic carbocycles. The van der Waals surface area contributed by atoms with Crippen LogP contribution >= 0.6 is 0 Å². The van der Waals surface area contributed by atoms with Crippen molar-refractivity contribution >= 4 is 17.3 Å². The van der Waals surface area contributed by atoms with E-state index in [-0.39, 0.29) is 5.75 Å². The van der Waals surface area contributed by atoms with Gasteiger partial charge in [-0.15, -0.1) is 0 Å². The number of pyridine rings is 2. The Bertz CT molecular complexity index is 2000. The fourth-order valence-corrected chi connectivity index (χ4v) is 5.44. The van der Waals surface area contributed by atoms with Gasteiger partial charge in [0, 0.05) is 28.6 Å². The monoisotopic (exact) mass is 571 g/mol. The number of imidazole rings is 1. The molecule has 7 aromatic rings. The lowest BCUT2D eigenvalue weighted by molar-refractivity contribution is 0.477. The van der Waals surface area contributed by atoms with Crippen molar-refractivity contribution in [1.29, 1.82) is 0 Å². The summed E-state index contributed by atoms with van der Waals surface area (Å²) in [6, 6.07) is 46.1. The zero-order valence-electron chi connectivity index (χ0n) is 24.1. The molecule has 0 bridgehead atoms. The molecule has 0 aliphatic carbocycles. The Balaban J connectivity index is 1.53. The van der Waals surface area contributed by atoms with E-state index < -0.39 is 0 Å². The lowest BCUT2D eigenvalue weighted by Crippen LogP contribution is -2.16. The van der Waals surface area contributed by atoms with Gasteiger partial charge in [0.2, 0.25) is 0 Å². The van der Waals surface area contributed by atoms with Gasteiger partial charge in [-0.1, -0.05) is 103 Å². The van der Waals surface area contributed by atoms with Crippen LogP contribution in [0.25, 0.3) is 45.0 Å². The van der Waals surface area contributed by atoms with Crippen molar-refractivity contribution in [3.8, 4) is 50.8 Å². The van der Waals surface area contributed by atoms with Gasteiger partial charge in [0.25, 0.3) is 0 Å². The highest BCUT2D eigenvalue weighted by Crippen LogP contribution is 2.46. The van der Waals surface area contributed by atoms with Crippen molar-refractivity contribution < 1.29 is 5.11 Å². The van der Waals surface area contributed by atoms with E-state index in [1.165, 1.54) is 0 Å². The molecule has 0 saturated heterocycles. The molecule has 6 heteroatoms. The van der Waals surface area contributed by atoms with Gasteiger partial charge < -0.3 is 10.1 Å². The van der Waals surface area contributed by atoms with E-state index in [9.17, 15) is 5.11 Å². The van der Waals surface area contributed by atoms with Crippen LogP contribution in [-0.2, 0) is 0 Å². The molecule has 0 spiro atoms. The third-order valence-electron chi connectivity index (χ3n) is 7.48. The molecule has 6 nitrogen and oxygen atoms in total. The predicted molar refractivity (Wildman–Crippen MR) is 177 cm³/mol. The maximum absolute atomic E-state index is 10.7. The van der Waals surface area contributed by atoms with Gasteiger partial charge in [0.15, 0.2) is 5.82 Å². The van der Waals surface area contributed by atoms with Crippen molar-refractivity contribution in [3.63, 3.8) is 0 Å². The summed E-state index contributed by atoms with van der Waals surface area (Å²) in [6.07, 6.45) is 1.80. The number of para-hydroxylation sites is 2. The molecule has 3 aromatic heterocycles. The second kappa shape index (κ2) is 11.7. The third kappa shape index (κ3) is 5.21. The van der Waals surface area contributed by atoms with E-state index in [0.717, 1.165) is 39.3 Å². The Kier molecular flexibility index (Phi) is 7.14. The maximum atomic E-state index is 10.7. The maximum Gasteiger partial charge on any atom is 0.156 e. The largest absolute Gasteiger partial charge is 0.507 e. The van der Waals surface area contributed by atoms with Crippen LogP contribution in [0.5, 0.6) is 5.75 Å². The minimum atomic E-state index is 0.173. The smallest absolute Gasteiger partial charge is 0.156 e. The normalized spacial score (nSPS) is 10.9. The standard InChI is InChI=1S/C38H29N5O/c1-26-25-39-38(40-26)33-21-12-24-36(42-33)43(35-23-11-20-32(41-35)31-17-8-9-22-34(31)44)37-29(27-13-4-2-5-14-27)18-10-19-30(37)28-15-6-3-7-16-28/h2-25,44H,1H3,(H,39,40). The van der Waals surface area contributed by atoms with Crippen molar-refractivity contribution in [2.45, 2.75) is 6.92 Å². The Hall–Kier alpha value is -6.01. The number of benzene rings is 4. The van der Waals surface area contributed by atoms with E-state index in [1.54, 1.807) is 12.3 Å². The van der Waals surface area contributed by atoms with Gasteiger partial charge in [0.1, 0.15) is 23.1 Å². The molecule has 7 rings (SSSR count). The summed E-state index contributed by atoms with van der Waals surface area (Å²) < 4.78 is 0. The number of hydrogen-bond donors (Lipinski definition) is 2. The summed E-state index contributed by atoms with van der Waals surface area (Å²) in [5.74, 6) is 2.21. The Morgan fingerprint density at radius 2 is 1.07 bits per heavy atom. The molecule has 0 unspecified atom stereocenters. The number of phenols is 1. The molecule has 0 amide bonds. The van der Waals surface area contributed by atoms with Gasteiger partial charge in [-0.25, -0.2) is 15.0 Å². The third-order valence-corrected chi connectivity index (χ3v) is 7.48. The van der Waals surface area contributed by atoms with Crippen LogP contribution in [0.3, 0.4) is 0 Å². The summed E-state index contributed by atoms with van der Waals surface area (Å²) >= 11 is 0. The van der Waals surface area contributed by atoms with Gasteiger partial charge in [-0.3, -0.25) is 4.90 Å². The number of aromatic hydroxyl groups is 1. The Morgan fingerprint density at radius 1 is 0.545 bits per heavy atom. The van der Waals surface area contributed by atoms with Crippen molar-refractivity contribution in [2.75, 3.05) is 4.90 Å². The van der Waals surface area contributed by atoms with Crippen molar-refractivity contribution in [2.24, 2.45) is 0 Å². The van der Waals surface area contributed by atoms with Crippen LogP contribution in [-0.4, -0.2) is 25.0 Å². The first-order valence-corrected chi connectivity index (χ1v) is 14.4. The molecular formula is C38H29N5O. The van der Waals surface area contributed by atoms with Gasteiger partial charge in [-0.05, 0) is 54.4 Å². The molecule has 0 aliphatic heterocycles. The lowest BCUT2D eigenvalue weighted by atomic mass is 9.95. The van der Waals surface area contributed by atoms with Crippen LogP contribution in [0.1, 0.15) is 5.69 Å². The van der Waals surface area contributed by atoms with E-state index in [1.807, 2.05) is 97.9 Å². The number of aromatic nitrogens is 4. The Morgan fingerprint density at radius 3 is 1.66 bits per heavy atom. The number of phenolic OH excluding ortho intramolecular Hbond substituents is 1. The topological polar surface area (TPSA) is 77.9 Å². The summed E-state index contributed by atoms with van der Waals surface area (Å²) in [5.41, 5.74) is 8.12. The number of hydrogen-bond acceptors (Lipinski definition) is 5. The highest BCUT2D eigenvalue weighted by Gasteiger charge is 2.24. The van der Waals surface area contributed by atoms with Crippen LogP contribution < -0.4 is 4.90 Å². The molecule has 0 fully saturated rings. The number of aryl methyl sites for hydroxylation is 1. The minimum absolute atomic E-state index is 0.173. The molecule has 44 heavy (non-hydrogen) atoms. The summed E-state index contributed by atoms with van der Waals surface area (Å²) in [4.78, 5) is 20.2. The summed E-state index contributed by atoms with van der Waals surface area (Å²) in [5, 5.41) is 10.7. The highest BCUT2D eigenvalue weighted by molar-refractivity contribution is 5.96. The van der Waals surface area contributed by atoms with Crippen molar-refractivity contribution in [3.05, 3.63) is 151 Å². The number of H-pyrrole nitrogens is 1. The number of rotatable bonds is 7. The van der Waals surface area contributed by atoms with E-state index in [0.29, 0.717) is 28.7 Å². The summed E-state index contributed by atoms with van der Waals surface area (Å²) in [7, 11) is 0. The van der Waals surface area contributed by atoms with E-state index in [2.05, 4.69) is 57.3 Å². The first-order valence-electron chi connectivity index (χ1n) is 14.4. The number of anilines is 3. The predicted octanol–water partition coefficient (Wildman–Crippen LogP) is 9.35. The number of aromatic amines is 1. The molecule has 0 atom stereocenters. The first-order chi connectivity index (χ1) is 21.7. The van der Waals surface area contributed by atoms with E-state index in [4.69, 9.17) is 9.97 Å². The van der Waals surface area contributed by atoms with Gasteiger partial charge >= 0.3 is 0 Å². The molecule has 3 heterocycles. The van der Waals surface area contributed by atoms with Crippen LogP contribution in [0, 0.1) is 6.92 Å². The second-order valence-corrected chi connectivity index (χ2v) is 10.5. The lowest BCUT2D eigenvalue weighted by Gasteiger charge is -2.29. The summed E-state index contributed by atoms with van der Waals surface area (Å²) in [6.45, 7) is 1.98. The fourth-order valence-electron chi connectivity index (χ4n) is 5.44. The molecule has 2 N–H and O–H groups in total. The van der Waals surface area contributed by atoms with E-state index >= 15 is 0 Å². The molecular weight excluding hydrogens is 542 g/mol. The zero-order valence-corrected chi connectivity index (χ0v) is 24.1. The quantitative estimate of drug-likeness (QED) is 0.199. The molecule has 0 radical (unpaired) electrons. The van der Waals surface area contributed by atoms with Crippen LogP contribution in [0.2, 0.25) is 0 Å². The molecule has 0 aliphatic rings. The average Bonchev–Trinajstić information content (AvgIpc) is 3.52. The van der Waals surface area contributed by atoms with Gasteiger partial charge in [0.05, 0.1) is 11.4 Å². The van der Waals surface area contributed by atoms with Crippen LogP contribution in [0.4, 0.5) is 17.3 Å². The van der Waals surface area contributed by atoms with Gasteiger partial charge in [-0.2, -0.15) is 0 Å². The zero-order chi connectivity index (χ0) is 29.9. The second-order valence-electron chi connectivity index (χ2n) is 10.5. The minimum Gasteiger partial charge on any atom is -0.507 e. The number of nitrogens with one attached hydrogen (secondary N) is 1. The Labute approximate surface area is 256 Å². The molecule has 212 valence electrons. The average molecular weight is 572 g/mol. The fraction of sp³-hybridized carbons (Fsp3) is 0.0263. The van der Waals surface area contributed by atoms with Crippen molar-refractivity contribution in [1.82, 2.24) is 19.9 Å². The number of nitrogens with zero attached hydrogens (tertiary/aromatic N) is 4. The highest BCUT2D eigenvalue weighted by atomic mass is 16.3. The first kappa shape index (κ1) is 26.9. The molecule has 0 saturated carbocycles.